The Labute approximate surface area is 90.4 Å². The van der Waals surface area contributed by atoms with E-state index in [1.54, 1.807) is 15.9 Å². The van der Waals surface area contributed by atoms with Gasteiger partial charge in [0.15, 0.2) is 0 Å². The molecule has 0 heterocycles. The van der Waals surface area contributed by atoms with Crippen LogP contribution in [0.3, 0.4) is 0 Å². The van der Waals surface area contributed by atoms with Crippen LogP contribution in [0, 0.1) is 0 Å². The normalized spacial score (nSPS) is 16.3. The van der Waals surface area contributed by atoms with Gasteiger partial charge in [-0.05, 0) is 0 Å². The highest BCUT2D eigenvalue weighted by atomic mass is 127. The molecule has 1 nitrogen and oxygen atoms in total. The molecular weight excluding hydrogens is 385 g/mol. The highest BCUT2D eigenvalue weighted by molar-refractivity contribution is 14.1. The van der Waals surface area contributed by atoms with Gasteiger partial charge in [0.2, 0.25) is 0 Å². The minimum atomic E-state index is -4.20. The van der Waals surface area contributed by atoms with E-state index in [0.29, 0.717) is 0 Å². The molecule has 0 N–H and O–H groups in total. The zero-order chi connectivity index (χ0) is 10.9. The second-order valence-corrected chi connectivity index (χ2v) is 4.03. The summed E-state index contributed by atoms with van der Waals surface area (Å²) >= 11 is 1.88. The van der Waals surface area contributed by atoms with Crippen LogP contribution >= 0.6 is 38.5 Å². The van der Waals surface area contributed by atoms with Crippen LogP contribution in [0.25, 0.3) is 0 Å². The maximum absolute atomic E-state index is 12.5. The number of hydrogen-bond acceptors (Lipinski definition) is 1. The third-order valence-electron chi connectivity index (χ3n) is 0.696. The standard InChI is InChI=1S/C4BrF6IO/c5-3(9,4(10,11)12)13-2(8)1(6)7. The van der Waals surface area contributed by atoms with Crippen molar-refractivity contribution in [3.05, 3.63) is 12.1 Å². The van der Waals surface area contributed by atoms with E-state index in [0.717, 1.165) is 0 Å². The summed E-state index contributed by atoms with van der Waals surface area (Å²) in [5.74, 6) is 0. The van der Waals surface area contributed by atoms with Crippen molar-refractivity contribution >= 4 is 38.5 Å². The van der Waals surface area contributed by atoms with Gasteiger partial charge in [-0.3, -0.25) is 0 Å². The number of hydrogen-bond donors (Lipinski definition) is 0. The minimum absolute atomic E-state index is 0.262. The monoisotopic (exact) mass is 384 g/mol. The molecule has 9 heteroatoms. The summed E-state index contributed by atoms with van der Waals surface area (Å²) in [6, 6.07) is -2.70. The van der Waals surface area contributed by atoms with Gasteiger partial charge in [0.05, 0.1) is 0 Å². The Morgan fingerprint density at radius 1 is 1.15 bits per heavy atom. The molecule has 0 aliphatic heterocycles. The van der Waals surface area contributed by atoms with E-state index in [-0.39, 0.29) is 22.6 Å². The molecule has 0 aliphatic carbocycles. The molecule has 0 saturated carbocycles. The van der Waals surface area contributed by atoms with Gasteiger partial charge in [-0.25, -0.2) is 0 Å². The van der Waals surface area contributed by atoms with E-state index in [1.807, 2.05) is 0 Å². The first-order chi connectivity index (χ1) is 5.58. The van der Waals surface area contributed by atoms with Gasteiger partial charge in [-0.1, -0.05) is 0 Å². The third kappa shape index (κ3) is 3.92. The van der Waals surface area contributed by atoms with Gasteiger partial charge in [0.1, 0.15) is 0 Å². The molecule has 0 spiro atoms. The fourth-order valence-electron chi connectivity index (χ4n) is 0.209. The first kappa shape index (κ1) is 13.3. The largest absolute Gasteiger partial charge is 0.414 e. The molecular formula is C4BrF6IO. The SMILES string of the molecule is FC(F)=C(F)OC(F)(Br)C(F)(F)I. The first-order valence-electron chi connectivity index (χ1n) is 2.42. The average Bonchev–Trinajstić information content (AvgIpc) is 1.83. The topological polar surface area (TPSA) is 9.23 Å². The summed E-state index contributed by atoms with van der Waals surface area (Å²) in [5, 5.41) is 0. The number of alkyl halides is 5. The lowest BCUT2D eigenvalue weighted by atomic mass is 10.7. The summed E-state index contributed by atoms with van der Waals surface area (Å²) in [7, 11) is 0. The summed E-state index contributed by atoms with van der Waals surface area (Å²) in [5.41, 5.74) is 0. The predicted molar refractivity (Wildman–Crippen MR) is 43.2 cm³/mol. The maximum atomic E-state index is 12.5. The maximum Gasteiger partial charge on any atom is 0.379 e. The van der Waals surface area contributed by atoms with Crippen molar-refractivity contribution in [2.75, 3.05) is 0 Å². The van der Waals surface area contributed by atoms with Crippen LogP contribution in [-0.4, -0.2) is 8.69 Å². The number of halogens is 8. The zero-order valence-electron chi connectivity index (χ0n) is 5.43. The van der Waals surface area contributed by atoms with Crippen molar-refractivity contribution in [2.24, 2.45) is 0 Å². The molecule has 1 atom stereocenters. The van der Waals surface area contributed by atoms with Gasteiger partial charge in [0.25, 0.3) is 0 Å². The van der Waals surface area contributed by atoms with E-state index in [1.165, 1.54) is 0 Å². The zero-order valence-corrected chi connectivity index (χ0v) is 9.18. The molecule has 0 bridgehead atoms. The second kappa shape index (κ2) is 4.24. The molecule has 13 heavy (non-hydrogen) atoms. The molecule has 0 rings (SSSR count). The smallest absolute Gasteiger partial charge is 0.379 e. The molecule has 78 valence electrons. The summed E-state index contributed by atoms with van der Waals surface area (Å²) < 4.78 is 66.0. The van der Waals surface area contributed by atoms with Crippen molar-refractivity contribution in [2.45, 2.75) is 8.69 Å². The lowest BCUT2D eigenvalue weighted by molar-refractivity contribution is -0.152. The van der Waals surface area contributed by atoms with Crippen LogP contribution in [0.15, 0.2) is 12.1 Å². The minimum Gasteiger partial charge on any atom is -0.414 e. The van der Waals surface area contributed by atoms with Crippen molar-refractivity contribution in [1.29, 1.82) is 0 Å². The van der Waals surface area contributed by atoms with Crippen LogP contribution in [0.5, 0.6) is 0 Å². The van der Waals surface area contributed by atoms with Crippen LogP contribution in [0.2, 0.25) is 0 Å². The fraction of sp³-hybridized carbons (Fsp3) is 0.500. The Kier molecular flexibility index (Phi) is 4.34. The highest BCUT2D eigenvalue weighted by Crippen LogP contribution is 2.45. The lowest BCUT2D eigenvalue weighted by Crippen LogP contribution is -2.35. The quantitative estimate of drug-likeness (QED) is 0.308. The Hall–Kier alpha value is 0.330. The summed E-state index contributed by atoms with van der Waals surface area (Å²) in [6.07, 6.45) is -3.03. The van der Waals surface area contributed by atoms with Crippen LogP contribution in [-0.2, 0) is 4.74 Å². The van der Waals surface area contributed by atoms with Gasteiger partial charge in [-0.15, -0.1) is 0 Å². The van der Waals surface area contributed by atoms with Gasteiger partial charge < -0.3 is 4.74 Å². The van der Waals surface area contributed by atoms with Crippen molar-refractivity contribution < 1.29 is 31.1 Å². The van der Waals surface area contributed by atoms with E-state index < -0.39 is 20.8 Å². The Balaban J connectivity index is 4.63. The molecule has 0 amide bonds. The van der Waals surface area contributed by atoms with Crippen LogP contribution in [0.1, 0.15) is 0 Å². The van der Waals surface area contributed by atoms with Gasteiger partial charge in [-0.2, -0.15) is 26.3 Å². The molecule has 0 radical (unpaired) electrons. The molecule has 1 unspecified atom stereocenters. The second-order valence-electron chi connectivity index (χ2n) is 1.65. The molecule has 0 aliphatic rings. The Morgan fingerprint density at radius 3 is 1.77 bits per heavy atom. The summed E-state index contributed by atoms with van der Waals surface area (Å²) in [6.45, 7) is 0. The Bertz CT molecular complexity index is 219. The first-order valence-corrected chi connectivity index (χ1v) is 4.29. The molecule has 0 aromatic heterocycles. The third-order valence-corrected chi connectivity index (χ3v) is 2.79. The molecule has 0 aromatic rings. The number of ether oxygens (including phenoxy) is 1. The molecule has 0 aromatic carbocycles. The molecule has 0 fully saturated rings. The van der Waals surface area contributed by atoms with E-state index in [9.17, 15) is 26.3 Å². The predicted octanol–water partition coefficient (Wildman–Crippen LogP) is 4.08. The van der Waals surface area contributed by atoms with Crippen LogP contribution < -0.4 is 0 Å². The van der Waals surface area contributed by atoms with Crippen molar-refractivity contribution in [3.8, 4) is 0 Å². The van der Waals surface area contributed by atoms with Crippen LogP contribution in [0.4, 0.5) is 26.3 Å². The molecule has 0 saturated heterocycles. The van der Waals surface area contributed by atoms with E-state index in [2.05, 4.69) is 4.74 Å². The fourth-order valence-corrected chi connectivity index (χ4v) is 0.461. The summed E-state index contributed by atoms with van der Waals surface area (Å²) in [4.78, 5) is 0. The lowest BCUT2D eigenvalue weighted by Gasteiger charge is -2.22. The van der Waals surface area contributed by atoms with E-state index >= 15 is 0 Å². The van der Waals surface area contributed by atoms with Crippen molar-refractivity contribution in [3.63, 3.8) is 0 Å². The Morgan fingerprint density at radius 2 is 1.54 bits per heavy atom. The van der Waals surface area contributed by atoms with E-state index in [4.69, 9.17) is 0 Å². The number of rotatable bonds is 3. The average molecular weight is 385 g/mol. The van der Waals surface area contributed by atoms with Crippen molar-refractivity contribution in [1.82, 2.24) is 0 Å². The highest BCUT2D eigenvalue weighted by Gasteiger charge is 2.55. The van der Waals surface area contributed by atoms with Gasteiger partial charge >= 0.3 is 20.8 Å². The van der Waals surface area contributed by atoms with Gasteiger partial charge in [0, 0.05) is 38.5 Å².